The van der Waals surface area contributed by atoms with Crippen molar-refractivity contribution in [1.29, 1.82) is 5.26 Å². The van der Waals surface area contributed by atoms with Crippen LogP contribution >= 0.6 is 0 Å². The molecule has 2 rings (SSSR count). The van der Waals surface area contributed by atoms with Crippen molar-refractivity contribution in [2.24, 2.45) is 0 Å². The van der Waals surface area contributed by atoms with E-state index in [1.54, 1.807) is 42.6 Å². The lowest BCUT2D eigenvalue weighted by molar-refractivity contribution is 0.0977. The maximum Gasteiger partial charge on any atom is 0.186 e. The molecule has 0 amide bonds. The number of nitriles is 1. The summed E-state index contributed by atoms with van der Waals surface area (Å²) in [6, 6.07) is 12.4. The van der Waals surface area contributed by atoms with Gasteiger partial charge in [-0.15, -0.1) is 0 Å². The Labute approximate surface area is 111 Å². The first kappa shape index (κ1) is 12.8. The Hall–Kier alpha value is -2.67. The topological polar surface area (TPSA) is 63.0 Å². The molecule has 1 atom stereocenters. The minimum Gasteiger partial charge on any atom is -0.496 e. The molecule has 0 saturated carbocycles. The monoisotopic (exact) mass is 252 g/mol. The van der Waals surface area contributed by atoms with E-state index in [1.165, 1.54) is 13.3 Å². The van der Waals surface area contributed by atoms with E-state index >= 15 is 0 Å². The number of ketones is 1. The predicted octanol–water partition coefficient (Wildman–Crippen LogP) is 2.58. The van der Waals surface area contributed by atoms with E-state index in [9.17, 15) is 10.1 Å². The zero-order valence-electron chi connectivity index (χ0n) is 10.4. The fourth-order valence-corrected chi connectivity index (χ4v) is 1.85. The average Bonchev–Trinajstić information content (AvgIpc) is 2.49. The second-order valence-corrected chi connectivity index (χ2v) is 3.91. The van der Waals surface area contributed by atoms with Crippen LogP contribution in [0.4, 0.5) is 0 Å². The molecule has 94 valence electrons. The third-order valence-corrected chi connectivity index (χ3v) is 2.79. The molecule has 0 radical (unpaired) electrons. The summed E-state index contributed by atoms with van der Waals surface area (Å²) in [6.07, 6.45) is 3.04. The molecule has 0 aliphatic rings. The third-order valence-electron chi connectivity index (χ3n) is 2.79. The van der Waals surface area contributed by atoms with Gasteiger partial charge in [0.15, 0.2) is 5.78 Å². The van der Waals surface area contributed by atoms with Crippen LogP contribution in [-0.4, -0.2) is 17.9 Å². The van der Waals surface area contributed by atoms with Gasteiger partial charge in [-0.2, -0.15) is 5.26 Å². The van der Waals surface area contributed by atoms with Gasteiger partial charge in [0.25, 0.3) is 0 Å². The number of pyridine rings is 1. The summed E-state index contributed by atoms with van der Waals surface area (Å²) in [5.41, 5.74) is 0.987. The number of methoxy groups -OCH3 is 1. The van der Waals surface area contributed by atoms with Crippen LogP contribution in [0.2, 0.25) is 0 Å². The van der Waals surface area contributed by atoms with Crippen LogP contribution in [-0.2, 0) is 0 Å². The molecule has 2 aromatic rings. The molecule has 0 aliphatic heterocycles. The predicted molar refractivity (Wildman–Crippen MR) is 69.9 cm³/mol. The van der Waals surface area contributed by atoms with Crippen LogP contribution in [0.5, 0.6) is 5.75 Å². The number of para-hydroxylation sites is 1. The van der Waals surface area contributed by atoms with Crippen LogP contribution < -0.4 is 4.74 Å². The van der Waals surface area contributed by atoms with Gasteiger partial charge >= 0.3 is 0 Å². The van der Waals surface area contributed by atoms with Gasteiger partial charge in [-0.25, -0.2) is 0 Å². The number of rotatable bonds is 4. The van der Waals surface area contributed by atoms with E-state index in [0.29, 0.717) is 16.9 Å². The molecule has 4 nitrogen and oxygen atoms in total. The summed E-state index contributed by atoms with van der Waals surface area (Å²) >= 11 is 0. The third kappa shape index (κ3) is 2.61. The van der Waals surface area contributed by atoms with Gasteiger partial charge in [0.1, 0.15) is 11.7 Å². The van der Waals surface area contributed by atoms with Crippen molar-refractivity contribution in [2.45, 2.75) is 5.92 Å². The minimum absolute atomic E-state index is 0.278. The van der Waals surface area contributed by atoms with Crippen LogP contribution in [0, 0.1) is 11.3 Å². The van der Waals surface area contributed by atoms with Crippen LogP contribution in [0.3, 0.4) is 0 Å². The van der Waals surface area contributed by atoms with Crippen molar-refractivity contribution in [3.8, 4) is 11.8 Å². The van der Waals surface area contributed by atoms with E-state index in [4.69, 9.17) is 4.74 Å². The normalized spacial score (nSPS) is 11.4. The van der Waals surface area contributed by atoms with Gasteiger partial charge in [0.2, 0.25) is 0 Å². The number of ether oxygens (including phenoxy) is 1. The Morgan fingerprint density at radius 2 is 2.11 bits per heavy atom. The molecule has 0 N–H and O–H groups in total. The van der Waals surface area contributed by atoms with Crippen LogP contribution in [0.15, 0.2) is 48.8 Å². The van der Waals surface area contributed by atoms with Crippen molar-refractivity contribution < 1.29 is 9.53 Å². The Morgan fingerprint density at radius 3 is 2.74 bits per heavy atom. The van der Waals surface area contributed by atoms with Gasteiger partial charge < -0.3 is 4.74 Å². The average molecular weight is 252 g/mol. The molecule has 0 saturated heterocycles. The molecule has 0 fully saturated rings. The molecular weight excluding hydrogens is 240 g/mol. The molecule has 0 aliphatic carbocycles. The van der Waals surface area contributed by atoms with Crippen molar-refractivity contribution in [3.05, 3.63) is 59.9 Å². The number of carbonyl (C=O) groups is 1. The highest BCUT2D eigenvalue weighted by Crippen LogP contribution is 2.28. The first-order valence-corrected chi connectivity index (χ1v) is 5.74. The van der Waals surface area contributed by atoms with Gasteiger partial charge in [0.05, 0.1) is 13.2 Å². The highest BCUT2D eigenvalue weighted by Gasteiger charge is 2.24. The Morgan fingerprint density at radius 1 is 1.32 bits per heavy atom. The highest BCUT2D eigenvalue weighted by molar-refractivity contribution is 6.02. The molecule has 0 spiro atoms. The van der Waals surface area contributed by atoms with Crippen molar-refractivity contribution in [3.63, 3.8) is 0 Å². The molecular formula is C15H12N2O2. The Kier molecular flexibility index (Phi) is 3.89. The number of hydrogen-bond donors (Lipinski definition) is 0. The minimum atomic E-state index is -0.889. The van der Waals surface area contributed by atoms with Crippen molar-refractivity contribution in [2.75, 3.05) is 7.11 Å². The van der Waals surface area contributed by atoms with Crippen LogP contribution in [0.25, 0.3) is 0 Å². The highest BCUT2D eigenvalue weighted by atomic mass is 16.5. The summed E-state index contributed by atoms with van der Waals surface area (Å²) in [4.78, 5) is 16.2. The maximum absolute atomic E-state index is 12.3. The number of benzene rings is 1. The molecule has 4 heteroatoms. The smallest absolute Gasteiger partial charge is 0.186 e. The van der Waals surface area contributed by atoms with Gasteiger partial charge in [-0.05, 0) is 18.2 Å². The molecule has 19 heavy (non-hydrogen) atoms. The largest absolute Gasteiger partial charge is 0.496 e. The number of aromatic nitrogens is 1. The number of Topliss-reactive ketones (excluding diaryl/α,β-unsaturated/α-hetero) is 1. The number of nitrogens with zero attached hydrogens (tertiary/aromatic N) is 2. The Balaban J connectivity index is 2.41. The summed E-state index contributed by atoms with van der Waals surface area (Å²) in [5.74, 6) is -0.633. The summed E-state index contributed by atoms with van der Waals surface area (Å²) in [7, 11) is 1.52. The van der Waals surface area contributed by atoms with E-state index < -0.39 is 5.92 Å². The number of hydrogen-bond acceptors (Lipinski definition) is 4. The lowest BCUT2D eigenvalue weighted by Gasteiger charge is -2.12. The zero-order valence-corrected chi connectivity index (χ0v) is 10.4. The van der Waals surface area contributed by atoms with Crippen molar-refractivity contribution >= 4 is 5.78 Å². The maximum atomic E-state index is 12.3. The van der Waals surface area contributed by atoms with Crippen molar-refractivity contribution in [1.82, 2.24) is 4.98 Å². The fourth-order valence-electron chi connectivity index (χ4n) is 1.85. The first-order chi connectivity index (χ1) is 9.27. The SMILES string of the molecule is COc1ccccc1C(C#N)C(=O)c1cccnc1. The molecule has 0 bridgehead atoms. The summed E-state index contributed by atoms with van der Waals surface area (Å²) < 4.78 is 5.20. The van der Waals surface area contributed by atoms with E-state index in [-0.39, 0.29) is 5.78 Å². The van der Waals surface area contributed by atoms with Crippen LogP contribution in [0.1, 0.15) is 21.8 Å². The van der Waals surface area contributed by atoms with E-state index in [0.717, 1.165) is 0 Å². The lowest BCUT2D eigenvalue weighted by atomic mass is 9.92. The fraction of sp³-hybridized carbons (Fsp3) is 0.133. The second kappa shape index (κ2) is 5.78. The summed E-state index contributed by atoms with van der Waals surface area (Å²) in [6.45, 7) is 0. The molecule has 1 unspecified atom stereocenters. The molecule has 1 aromatic heterocycles. The van der Waals surface area contributed by atoms with Gasteiger partial charge in [-0.1, -0.05) is 18.2 Å². The van der Waals surface area contributed by atoms with E-state index in [1.807, 2.05) is 6.07 Å². The Bertz CT molecular complexity index is 618. The summed E-state index contributed by atoms with van der Waals surface area (Å²) in [5, 5.41) is 9.28. The lowest BCUT2D eigenvalue weighted by Crippen LogP contribution is -2.12. The second-order valence-electron chi connectivity index (χ2n) is 3.91. The van der Waals surface area contributed by atoms with E-state index in [2.05, 4.69) is 4.98 Å². The quantitative estimate of drug-likeness (QED) is 0.784. The van der Waals surface area contributed by atoms with Gasteiger partial charge in [0, 0.05) is 23.5 Å². The first-order valence-electron chi connectivity index (χ1n) is 5.74. The number of carbonyl (C=O) groups excluding carboxylic acids is 1. The molecule has 1 heterocycles. The standard InChI is InChI=1S/C15H12N2O2/c1-19-14-7-3-2-6-12(14)13(9-16)15(18)11-5-4-8-17-10-11/h2-8,10,13H,1H3. The van der Waals surface area contributed by atoms with Gasteiger partial charge in [-0.3, -0.25) is 9.78 Å². The molecule has 1 aromatic carbocycles. The zero-order chi connectivity index (χ0) is 13.7.